The maximum atomic E-state index is 13.4. The number of tetrazole rings is 1. The number of benzene rings is 2. The SMILES string of the molecule is Cn1nnnc1Sc1ccc([N+](=O)[O-])cc1C(=O)Nc1nc2cc(F)c(F)cc2s1. The molecule has 4 aromatic rings. The second kappa shape index (κ2) is 7.72. The van der Waals surface area contributed by atoms with Crippen LogP contribution in [0.3, 0.4) is 0 Å². The number of aryl methyl sites for hydroxylation is 1. The van der Waals surface area contributed by atoms with E-state index in [-0.39, 0.29) is 21.9 Å². The maximum absolute atomic E-state index is 13.4. The molecule has 0 unspecified atom stereocenters. The minimum absolute atomic E-state index is 0.00572. The molecular weight excluding hydrogens is 440 g/mol. The van der Waals surface area contributed by atoms with Crippen LogP contribution in [-0.2, 0) is 7.05 Å². The number of carbonyl (C=O) groups is 1. The summed E-state index contributed by atoms with van der Waals surface area (Å²) < 4.78 is 28.5. The van der Waals surface area contributed by atoms with E-state index in [1.165, 1.54) is 16.8 Å². The van der Waals surface area contributed by atoms with Crippen molar-refractivity contribution in [2.75, 3.05) is 5.32 Å². The van der Waals surface area contributed by atoms with Gasteiger partial charge in [-0.3, -0.25) is 20.2 Å². The Bertz CT molecular complexity index is 1270. The van der Waals surface area contributed by atoms with Crippen LogP contribution in [0.5, 0.6) is 0 Å². The molecule has 2 aromatic heterocycles. The van der Waals surface area contributed by atoms with Crippen molar-refractivity contribution in [3.05, 3.63) is 57.6 Å². The first kappa shape index (κ1) is 19.8. The summed E-state index contributed by atoms with van der Waals surface area (Å²) in [4.78, 5) is 27.8. The average molecular weight is 449 g/mol. The number of nitrogens with zero attached hydrogens (tertiary/aromatic N) is 6. The smallest absolute Gasteiger partial charge is 0.270 e. The van der Waals surface area contributed by atoms with Gasteiger partial charge in [-0.05, 0) is 34.3 Å². The lowest BCUT2D eigenvalue weighted by atomic mass is 10.2. The van der Waals surface area contributed by atoms with Gasteiger partial charge >= 0.3 is 0 Å². The molecule has 1 amide bonds. The molecule has 2 heterocycles. The van der Waals surface area contributed by atoms with Gasteiger partial charge in [0.1, 0.15) is 0 Å². The van der Waals surface area contributed by atoms with Crippen LogP contribution in [0.1, 0.15) is 10.4 Å². The fourth-order valence-corrected chi connectivity index (χ4v) is 4.15. The minimum atomic E-state index is -1.06. The van der Waals surface area contributed by atoms with Crippen LogP contribution in [-0.4, -0.2) is 36.0 Å². The quantitative estimate of drug-likeness (QED) is 0.363. The van der Waals surface area contributed by atoms with Gasteiger partial charge in [0.2, 0.25) is 5.16 Å². The summed E-state index contributed by atoms with van der Waals surface area (Å²) >= 11 is 1.98. The van der Waals surface area contributed by atoms with Crippen molar-refractivity contribution in [3.8, 4) is 0 Å². The monoisotopic (exact) mass is 449 g/mol. The van der Waals surface area contributed by atoms with E-state index in [0.29, 0.717) is 14.8 Å². The molecule has 0 radical (unpaired) electrons. The molecule has 30 heavy (non-hydrogen) atoms. The molecule has 4 rings (SSSR count). The molecule has 0 spiro atoms. The number of rotatable bonds is 5. The van der Waals surface area contributed by atoms with E-state index in [4.69, 9.17) is 0 Å². The Morgan fingerprint density at radius 1 is 1.27 bits per heavy atom. The third kappa shape index (κ3) is 3.81. The van der Waals surface area contributed by atoms with Crippen LogP contribution in [0.4, 0.5) is 19.6 Å². The van der Waals surface area contributed by atoms with Gasteiger partial charge in [0, 0.05) is 30.1 Å². The predicted molar refractivity (Wildman–Crippen MR) is 104 cm³/mol. The third-order valence-corrected chi connectivity index (χ3v) is 5.89. The summed E-state index contributed by atoms with van der Waals surface area (Å²) in [6.07, 6.45) is 0. The second-order valence-electron chi connectivity index (χ2n) is 5.83. The zero-order valence-electron chi connectivity index (χ0n) is 14.9. The summed E-state index contributed by atoms with van der Waals surface area (Å²) in [5.41, 5.74) is -0.115. The fraction of sp³-hybridized carbons (Fsp3) is 0.0625. The van der Waals surface area contributed by atoms with Crippen molar-refractivity contribution in [1.82, 2.24) is 25.2 Å². The van der Waals surface area contributed by atoms with E-state index in [1.54, 1.807) is 7.05 Å². The van der Waals surface area contributed by atoms with E-state index < -0.39 is 22.5 Å². The van der Waals surface area contributed by atoms with Gasteiger partial charge in [-0.25, -0.2) is 18.4 Å². The van der Waals surface area contributed by atoms with Crippen LogP contribution in [0.15, 0.2) is 40.4 Å². The Labute approximate surface area is 174 Å². The normalized spacial score (nSPS) is 11.0. The van der Waals surface area contributed by atoms with Gasteiger partial charge in [-0.1, -0.05) is 11.3 Å². The molecule has 0 atom stereocenters. The fourth-order valence-electron chi connectivity index (χ4n) is 2.45. The highest BCUT2D eigenvalue weighted by Gasteiger charge is 2.21. The lowest BCUT2D eigenvalue weighted by Crippen LogP contribution is -2.13. The number of aromatic nitrogens is 5. The van der Waals surface area contributed by atoms with Gasteiger partial charge < -0.3 is 0 Å². The number of carbonyl (C=O) groups excluding carboxylic acids is 1. The van der Waals surface area contributed by atoms with Crippen molar-refractivity contribution in [1.29, 1.82) is 0 Å². The van der Waals surface area contributed by atoms with Crippen molar-refractivity contribution >= 4 is 50.0 Å². The second-order valence-corrected chi connectivity index (χ2v) is 7.87. The molecule has 10 nitrogen and oxygen atoms in total. The zero-order chi connectivity index (χ0) is 21.4. The maximum Gasteiger partial charge on any atom is 0.270 e. The number of fused-ring (bicyclic) bond motifs is 1. The standard InChI is InChI=1S/C16H9F2N7O3S2/c1-24-16(21-22-23-24)30-12-3-2-7(25(27)28)4-8(12)14(26)20-15-19-11-5-9(17)10(18)6-13(11)29-15/h2-6H,1H3,(H,19,20,26). The lowest BCUT2D eigenvalue weighted by molar-refractivity contribution is -0.384. The van der Waals surface area contributed by atoms with Crippen LogP contribution >= 0.6 is 23.1 Å². The number of nitro benzene ring substituents is 1. The molecule has 1 N–H and O–H groups in total. The van der Waals surface area contributed by atoms with Gasteiger partial charge in [0.25, 0.3) is 11.6 Å². The molecule has 152 valence electrons. The first-order valence-corrected chi connectivity index (χ1v) is 9.70. The number of thiazole rings is 1. The van der Waals surface area contributed by atoms with E-state index in [2.05, 4.69) is 25.8 Å². The summed E-state index contributed by atoms with van der Waals surface area (Å²) in [6, 6.07) is 5.69. The largest absolute Gasteiger partial charge is 0.298 e. The van der Waals surface area contributed by atoms with Gasteiger partial charge in [-0.15, -0.1) is 5.10 Å². The summed E-state index contributed by atoms with van der Waals surface area (Å²) in [5.74, 6) is -2.77. The molecule has 0 fully saturated rings. The number of nitrogens with one attached hydrogen (secondary N) is 1. The first-order valence-electron chi connectivity index (χ1n) is 8.07. The molecular formula is C16H9F2N7O3S2. The number of amides is 1. The molecule has 2 aromatic carbocycles. The highest BCUT2D eigenvalue weighted by Crippen LogP contribution is 2.33. The van der Waals surface area contributed by atoms with E-state index >= 15 is 0 Å². The molecule has 0 aliphatic rings. The topological polar surface area (TPSA) is 129 Å². The van der Waals surface area contributed by atoms with Crippen LogP contribution < -0.4 is 5.32 Å². The Balaban J connectivity index is 1.68. The van der Waals surface area contributed by atoms with Crippen LogP contribution in [0, 0.1) is 21.7 Å². The van der Waals surface area contributed by atoms with Crippen LogP contribution in [0.25, 0.3) is 10.2 Å². The molecule has 14 heteroatoms. The Hall–Kier alpha value is -3.52. The number of nitro groups is 1. The zero-order valence-corrected chi connectivity index (χ0v) is 16.5. The number of hydrogen-bond acceptors (Lipinski definition) is 9. The summed E-state index contributed by atoms with van der Waals surface area (Å²) in [5, 5.41) is 25.1. The van der Waals surface area contributed by atoms with E-state index in [9.17, 15) is 23.7 Å². The Morgan fingerprint density at radius 2 is 2.03 bits per heavy atom. The van der Waals surface area contributed by atoms with Gasteiger partial charge in [0.05, 0.1) is 20.7 Å². The summed E-state index contributed by atoms with van der Waals surface area (Å²) in [7, 11) is 1.60. The summed E-state index contributed by atoms with van der Waals surface area (Å²) in [6.45, 7) is 0. The van der Waals surface area contributed by atoms with Crippen LogP contribution in [0.2, 0.25) is 0 Å². The van der Waals surface area contributed by atoms with Crippen molar-refractivity contribution < 1.29 is 18.5 Å². The number of non-ortho nitro benzene ring substituents is 1. The van der Waals surface area contributed by atoms with Crippen molar-refractivity contribution in [2.24, 2.45) is 7.05 Å². The Morgan fingerprint density at radius 3 is 2.73 bits per heavy atom. The minimum Gasteiger partial charge on any atom is -0.298 e. The van der Waals surface area contributed by atoms with Gasteiger partial charge in [-0.2, -0.15) is 0 Å². The highest BCUT2D eigenvalue weighted by molar-refractivity contribution is 7.99. The predicted octanol–water partition coefficient (Wildman–Crippen LogP) is 3.41. The number of hydrogen-bond donors (Lipinski definition) is 1. The van der Waals surface area contributed by atoms with Gasteiger partial charge in [0.15, 0.2) is 16.8 Å². The lowest BCUT2D eigenvalue weighted by Gasteiger charge is -2.08. The van der Waals surface area contributed by atoms with E-state index in [0.717, 1.165) is 41.3 Å². The first-order chi connectivity index (χ1) is 14.3. The third-order valence-electron chi connectivity index (χ3n) is 3.85. The highest BCUT2D eigenvalue weighted by atomic mass is 32.2. The average Bonchev–Trinajstić information content (AvgIpc) is 3.27. The molecule has 0 aliphatic carbocycles. The molecule has 0 saturated carbocycles. The van der Waals surface area contributed by atoms with Crippen molar-refractivity contribution in [2.45, 2.75) is 10.1 Å². The molecule has 0 aliphatic heterocycles. The number of halogens is 2. The van der Waals surface area contributed by atoms with Crippen molar-refractivity contribution in [3.63, 3.8) is 0 Å². The molecule has 0 saturated heterocycles. The number of anilines is 1. The Kier molecular flexibility index (Phi) is 5.09. The molecule has 0 bridgehead atoms. The van der Waals surface area contributed by atoms with E-state index in [1.807, 2.05) is 0 Å².